The number of carbonyl (C=O) groups is 3. The van der Waals surface area contributed by atoms with E-state index < -0.39 is 11.9 Å². The highest BCUT2D eigenvalue weighted by Gasteiger charge is 2.30. The van der Waals surface area contributed by atoms with Crippen molar-refractivity contribution in [2.75, 3.05) is 11.9 Å². The van der Waals surface area contributed by atoms with E-state index >= 15 is 0 Å². The fourth-order valence-electron chi connectivity index (χ4n) is 4.03. The Hall–Kier alpha value is -3.35. The minimum atomic E-state index is -0.874. The summed E-state index contributed by atoms with van der Waals surface area (Å²) in [5.41, 5.74) is 3.82. The van der Waals surface area contributed by atoms with Crippen LogP contribution in [-0.2, 0) is 33.6 Å². The zero-order chi connectivity index (χ0) is 21.3. The van der Waals surface area contributed by atoms with Crippen molar-refractivity contribution in [1.29, 1.82) is 0 Å². The number of anilines is 1. The molecule has 0 fully saturated rings. The van der Waals surface area contributed by atoms with Crippen LogP contribution in [-0.4, -0.2) is 29.6 Å². The molecule has 2 heterocycles. The Kier molecular flexibility index (Phi) is 5.44. The molecule has 7 nitrogen and oxygen atoms in total. The number of carboxylic acid groups (broad SMARTS) is 1. The molecule has 1 aliphatic heterocycles. The van der Waals surface area contributed by atoms with Crippen LogP contribution in [0.5, 0.6) is 0 Å². The van der Waals surface area contributed by atoms with Crippen molar-refractivity contribution in [2.24, 2.45) is 0 Å². The van der Waals surface area contributed by atoms with Crippen LogP contribution in [0.1, 0.15) is 64.8 Å². The monoisotopic (exact) mass is 409 g/mol. The standard InChI is InChI=1S/C23H23NO6/c1-2-29-23(28)21-14-5-3-4-6-18(14)30-19(21)12-16-15-11-13(8-10-20(25)26)7-9-17(15)24-22(16)27/h7,9,11-12H,2-6,8,10H2,1H3,(H,24,27)(H,25,26). The molecule has 0 radical (unpaired) electrons. The van der Waals surface area contributed by atoms with Gasteiger partial charge in [0, 0.05) is 29.7 Å². The van der Waals surface area contributed by atoms with E-state index in [1.807, 2.05) is 6.07 Å². The fourth-order valence-corrected chi connectivity index (χ4v) is 4.03. The lowest BCUT2D eigenvalue weighted by molar-refractivity contribution is -0.137. The first-order valence-electron chi connectivity index (χ1n) is 10.2. The van der Waals surface area contributed by atoms with Crippen molar-refractivity contribution >= 4 is 35.2 Å². The smallest absolute Gasteiger partial charge is 0.342 e. The summed E-state index contributed by atoms with van der Waals surface area (Å²) in [7, 11) is 0. The molecule has 1 aromatic heterocycles. The van der Waals surface area contributed by atoms with Crippen LogP contribution in [0.15, 0.2) is 22.6 Å². The molecule has 1 aromatic carbocycles. The lowest BCUT2D eigenvalue weighted by Crippen LogP contribution is -2.10. The van der Waals surface area contributed by atoms with E-state index in [0.29, 0.717) is 34.6 Å². The van der Waals surface area contributed by atoms with Gasteiger partial charge in [0.1, 0.15) is 17.1 Å². The summed E-state index contributed by atoms with van der Waals surface area (Å²) in [6.07, 6.45) is 5.46. The number of nitrogens with one attached hydrogen (secondary N) is 1. The molecule has 0 bridgehead atoms. The second-order valence-corrected chi connectivity index (χ2v) is 7.46. The van der Waals surface area contributed by atoms with Gasteiger partial charge in [0.2, 0.25) is 0 Å². The Morgan fingerprint density at radius 1 is 1.27 bits per heavy atom. The first-order chi connectivity index (χ1) is 14.5. The number of benzene rings is 1. The maximum absolute atomic E-state index is 12.6. The lowest BCUT2D eigenvalue weighted by Gasteiger charge is -2.10. The van der Waals surface area contributed by atoms with Crippen molar-refractivity contribution < 1.29 is 28.6 Å². The van der Waals surface area contributed by atoms with E-state index in [0.717, 1.165) is 42.6 Å². The highest BCUT2D eigenvalue weighted by molar-refractivity contribution is 6.35. The van der Waals surface area contributed by atoms with Gasteiger partial charge in [-0.2, -0.15) is 0 Å². The molecule has 0 saturated carbocycles. The van der Waals surface area contributed by atoms with Gasteiger partial charge >= 0.3 is 11.9 Å². The van der Waals surface area contributed by atoms with Crippen LogP contribution in [0.2, 0.25) is 0 Å². The van der Waals surface area contributed by atoms with Gasteiger partial charge < -0.3 is 19.6 Å². The molecular weight excluding hydrogens is 386 g/mol. The van der Waals surface area contributed by atoms with Gasteiger partial charge in [-0.1, -0.05) is 6.07 Å². The second kappa shape index (κ2) is 8.18. The Morgan fingerprint density at radius 3 is 2.83 bits per heavy atom. The number of furan rings is 1. The number of fused-ring (bicyclic) bond motifs is 2. The Bertz CT molecular complexity index is 1060. The minimum Gasteiger partial charge on any atom is -0.481 e. The predicted molar refractivity (Wildman–Crippen MR) is 110 cm³/mol. The maximum Gasteiger partial charge on any atom is 0.342 e. The van der Waals surface area contributed by atoms with Gasteiger partial charge in [0.15, 0.2) is 0 Å². The number of aryl methyl sites for hydroxylation is 2. The number of esters is 1. The molecule has 7 heteroatoms. The van der Waals surface area contributed by atoms with Gasteiger partial charge in [-0.3, -0.25) is 9.59 Å². The molecule has 0 unspecified atom stereocenters. The summed E-state index contributed by atoms with van der Waals surface area (Å²) in [6, 6.07) is 5.39. The molecule has 4 rings (SSSR count). The molecule has 0 spiro atoms. The Balaban J connectivity index is 1.76. The maximum atomic E-state index is 12.6. The summed E-state index contributed by atoms with van der Waals surface area (Å²) in [5, 5.41) is 11.7. The van der Waals surface area contributed by atoms with Crippen LogP contribution in [0.3, 0.4) is 0 Å². The van der Waals surface area contributed by atoms with E-state index in [2.05, 4.69) is 5.32 Å². The number of hydrogen-bond acceptors (Lipinski definition) is 5. The molecule has 1 aliphatic carbocycles. The van der Waals surface area contributed by atoms with Crippen molar-refractivity contribution in [2.45, 2.75) is 45.4 Å². The summed E-state index contributed by atoms with van der Waals surface area (Å²) in [5.74, 6) is -0.477. The van der Waals surface area contributed by atoms with E-state index in [1.165, 1.54) is 0 Å². The van der Waals surface area contributed by atoms with Gasteiger partial charge in [-0.15, -0.1) is 0 Å². The fraction of sp³-hybridized carbons (Fsp3) is 0.348. The van der Waals surface area contributed by atoms with E-state index in [9.17, 15) is 14.4 Å². The summed E-state index contributed by atoms with van der Waals surface area (Å²) in [6.45, 7) is 2.01. The SMILES string of the molecule is CCOC(=O)c1c(C=C2C(=O)Nc3ccc(CCC(=O)O)cc32)oc2c1CCCC2. The molecule has 0 atom stereocenters. The summed E-state index contributed by atoms with van der Waals surface area (Å²) in [4.78, 5) is 36.1. The van der Waals surface area contributed by atoms with Gasteiger partial charge in [0.25, 0.3) is 5.91 Å². The number of amides is 1. The number of aliphatic carboxylic acids is 1. The van der Waals surface area contributed by atoms with Crippen LogP contribution < -0.4 is 5.32 Å². The Labute approximate surface area is 173 Å². The Morgan fingerprint density at radius 2 is 2.07 bits per heavy atom. The predicted octanol–water partition coefficient (Wildman–Crippen LogP) is 3.85. The number of ether oxygens (including phenoxy) is 1. The third-order valence-corrected chi connectivity index (χ3v) is 5.45. The summed E-state index contributed by atoms with van der Waals surface area (Å²) < 4.78 is 11.2. The van der Waals surface area contributed by atoms with Crippen molar-refractivity contribution in [3.63, 3.8) is 0 Å². The van der Waals surface area contributed by atoms with E-state index in [1.54, 1.807) is 25.1 Å². The molecule has 2 aromatic rings. The number of carbonyl (C=O) groups excluding carboxylic acids is 2. The van der Waals surface area contributed by atoms with Crippen molar-refractivity contribution in [1.82, 2.24) is 0 Å². The van der Waals surface area contributed by atoms with Crippen LogP contribution in [0, 0.1) is 0 Å². The van der Waals surface area contributed by atoms with Crippen molar-refractivity contribution in [3.05, 3.63) is 52.0 Å². The molecule has 0 saturated heterocycles. The van der Waals surface area contributed by atoms with Gasteiger partial charge in [-0.05, 0) is 56.4 Å². The lowest BCUT2D eigenvalue weighted by atomic mass is 9.94. The van der Waals surface area contributed by atoms with E-state index in [-0.39, 0.29) is 18.9 Å². The number of hydrogen-bond donors (Lipinski definition) is 2. The zero-order valence-electron chi connectivity index (χ0n) is 16.7. The second-order valence-electron chi connectivity index (χ2n) is 7.46. The minimum absolute atomic E-state index is 0.0110. The quantitative estimate of drug-likeness (QED) is 0.555. The highest BCUT2D eigenvalue weighted by atomic mass is 16.5. The highest BCUT2D eigenvalue weighted by Crippen LogP contribution is 2.37. The van der Waals surface area contributed by atoms with Crippen LogP contribution in [0.25, 0.3) is 11.6 Å². The van der Waals surface area contributed by atoms with Crippen molar-refractivity contribution in [3.8, 4) is 0 Å². The van der Waals surface area contributed by atoms with Crippen LogP contribution in [0.4, 0.5) is 5.69 Å². The molecule has 30 heavy (non-hydrogen) atoms. The molecule has 2 N–H and O–H groups in total. The third kappa shape index (κ3) is 3.75. The third-order valence-electron chi connectivity index (χ3n) is 5.45. The first kappa shape index (κ1) is 19.9. The largest absolute Gasteiger partial charge is 0.481 e. The first-order valence-corrected chi connectivity index (χ1v) is 10.2. The van der Waals surface area contributed by atoms with E-state index in [4.69, 9.17) is 14.3 Å². The summed E-state index contributed by atoms with van der Waals surface area (Å²) >= 11 is 0. The number of rotatable bonds is 6. The average Bonchev–Trinajstić information content (AvgIpc) is 3.24. The van der Waals surface area contributed by atoms with Gasteiger partial charge in [0.05, 0.1) is 12.2 Å². The average molecular weight is 409 g/mol. The molecule has 1 amide bonds. The normalized spacial score (nSPS) is 16.2. The van der Waals surface area contributed by atoms with Crippen LogP contribution >= 0.6 is 0 Å². The topological polar surface area (TPSA) is 106 Å². The zero-order valence-corrected chi connectivity index (χ0v) is 16.7. The van der Waals surface area contributed by atoms with Gasteiger partial charge in [-0.25, -0.2) is 4.79 Å². The molecule has 2 aliphatic rings. The number of carboxylic acids is 1. The molecular formula is C23H23NO6. The molecule has 156 valence electrons.